The molecule has 1 aliphatic heterocycles. The number of carbonyl (C=O) groups excluding carboxylic acids is 1. The standard InChI is InChI=1S/C16H16N2O3/c1-21-13-6-4-10(5-7-13)11-2-3-12-8-14(17)16(19)18(20)15(12)9-11/h2-7,9,14,20H,8,17H2,1H3. The van der Waals surface area contributed by atoms with E-state index in [9.17, 15) is 10.0 Å². The van der Waals surface area contributed by atoms with Gasteiger partial charge in [-0.2, -0.15) is 5.06 Å². The van der Waals surface area contributed by atoms with E-state index in [-0.39, 0.29) is 0 Å². The van der Waals surface area contributed by atoms with E-state index in [1.54, 1.807) is 13.2 Å². The molecule has 0 spiro atoms. The highest BCUT2D eigenvalue weighted by molar-refractivity contribution is 5.98. The number of nitrogens with two attached hydrogens (primary N) is 1. The summed E-state index contributed by atoms with van der Waals surface area (Å²) >= 11 is 0. The molecule has 2 aromatic carbocycles. The summed E-state index contributed by atoms with van der Waals surface area (Å²) in [6, 6.07) is 12.5. The Bertz CT molecular complexity index is 682. The molecule has 5 heteroatoms. The minimum absolute atomic E-state index is 0.439. The zero-order valence-electron chi connectivity index (χ0n) is 11.6. The van der Waals surface area contributed by atoms with E-state index in [1.807, 2.05) is 36.4 Å². The summed E-state index contributed by atoms with van der Waals surface area (Å²) in [7, 11) is 1.62. The predicted molar refractivity (Wildman–Crippen MR) is 79.4 cm³/mol. The van der Waals surface area contributed by atoms with Crippen LogP contribution in [0.2, 0.25) is 0 Å². The maximum Gasteiger partial charge on any atom is 0.267 e. The van der Waals surface area contributed by atoms with Crippen molar-refractivity contribution in [1.82, 2.24) is 0 Å². The first-order chi connectivity index (χ1) is 10.1. The fourth-order valence-corrected chi connectivity index (χ4v) is 2.50. The monoisotopic (exact) mass is 284 g/mol. The molecule has 0 saturated carbocycles. The number of rotatable bonds is 2. The lowest BCUT2D eigenvalue weighted by atomic mass is 9.95. The number of fused-ring (bicyclic) bond motifs is 1. The van der Waals surface area contributed by atoms with Crippen molar-refractivity contribution in [3.05, 3.63) is 48.0 Å². The van der Waals surface area contributed by atoms with Gasteiger partial charge < -0.3 is 10.5 Å². The minimum Gasteiger partial charge on any atom is -0.497 e. The fraction of sp³-hybridized carbons (Fsp3) is 0.188. The van der Waals surface area contributed by atoms with Crippen molar-refractivity contribution in [2.45, 2.75) is 12.5 Å². The number of hydrogen-bond acceptors (Lipinski definition) is 4. The lowest BCUT2D eigenvalue weighted by molar-refractivity contribution is -0.125. The molecule has 1 atom stereocenters. The third kappa shape index (κ3) is 2.37. The van der Waals surface area contributed by atoms with Crippen LogP contribution in [0, 0.1) is 0 Å². The molecular formula is C16H16N2O3. The Balaban J connectivity index is 2.00. The Morgan fingerprint density at radius 2 is 1.86 bits per heavy atom. The van der Waals surface area contributed by atoms with Gasteiger partial charge in [0.05, 0.1) is 18.8 Å². The Morgan fingerprint density at radius 1 is 1.19 bits per heavy atom. The molecule has 1 unspecified atom stereocenters. The molecule has 0 saturated heterocycles. The van der Waals surface area contributed by atoms with Gasteiger partial charge in [-0.1, -0.05) is 24.3 Å². The highest BCUT2D eigenvalue weighted by Crippen LogP contribution is 2.32. The van der Waals surface area contributed by atoms with E-state index < -0.39 is 11.9 Å². The minimum atomic E-state index is -0.686. The van der Waals surface area contributed by atoms with Gasteiger partial charge in [-0.25, -0.2) is 0 Å². The molecular weight excluding hydrogens is 268 g/mol. The molecule has 1 amide bonds. The number of anilines is 1. The van der Waals surface area contributed by atoms with E-state index >= 15 is 0 Å². The normalized spacial score (nSPS) is 17.6. The van der Waals surface area contributed by atoms with Gasteiger partial charge in [0.2, 0.25) is 0 Å². The molecule has 21 heavy (non-hydrogen) atoms. The number of methoxy groups -OCH3 is 1. The maximum atomic E-state index is 11.8. The molecule has 1 aliphatic rings. The molecule has 108 valence electrons. The van der Waals surface area contributed by atoms with E-state index in [2.05, 4.69) is 0 Å². The van der Waals surface area contributed by atoms with Gasteiger partial charge in [0.25, 0.3) is 5.91 Å². The van der Waals surface area contributed by atoms with E-state index in [0.717, 1.165) is 22.4 Å². The smallest absolute Gasteiger partial charge is 0.267 e. The number of hydrogen-bond donors (Lipinski definition) is 2. The predicted octanol–water partition coefficient (Wildman–Crippen LogP) is 1.97. The summed E-state index contributed by atoms with van der Waals surface area (Å²) in [5, 5.41) is 10.6. The molecule has 5 nitrogen and oxygen atoms in total. The lowest BCUT2D eigenvalue weighted by Crippen LogP contribution is -2.47. The Hall–Kier alpha value is -2.37. The SMILES string of the molecule is COc1ccc(-c2ccc3c(c2)N(O)C(=O)C(N)C3)cc1. The van der Waals surface area contributed by atoms with Crippen LogP contribution in [0.4, 0.5) is 5.69 Å². The van der Waals surface area contributed by atoms with Crippen LogP contribution in [0.1, 0.15) is 5.56 Å². The van der Waals surface area contributed by atoms with Gasteiger partial charge in [-0.05, 0) is 41.3 Å². The second-order valence-electron chi connectivity index (χ2n) is 5.03. The van der Waals surface area contributed by atoms with Crippen molar-refractivity contribution in [3.8, 4) is 16.9 Å². The molecule has 3 rings (SSSR count). The largest absolute Gasteiger partial charge is 0.497 e. The van der Waals surface area contributed by atoms with Crippen LogP contribution in [-0.2, 0) is 11.2 Å². The van der Waals surface area contributed by atoms with Crippen LogP contribution >= 0.6 is 0 Å². The van der Waals surface area contributed by atoms with Gasteiger partial charge in [-0.15, -0.1) is 0 Å². The van der Waals surface area contributed by atoms with Crippen molar-refractivity contribution in [2.24, 2.45) is 5.73 Å². The van der Waals surface area contributed by atoms with Crippen molar-refractivity contribution in [1.29, 1.82) is 0 Å². The van der Waals surface area contributed by atoms with Crippen LogP contribution in [0.25, 0.3) is 11.1 Å². The number of carbonyl (C=O) groups is 1. The summed E-state index contributed by atoms with van der Waals surface area (Å²) in [5.74, 6) is 0.302. The van der Waals surface area contributed by atoms with Crippen molar-refractivity contribution in [3.63, 3.8) is 0 Å². The topological polar surface area (TPSA) is 75.8 Å². The van der Waals surface area contributed by atoms with Gasteiger partial charge >= 0.3 is 0 Å². The summed E-state index contributed by atoms with van der Waals surface area (Å²) in [6.45, 7) is 0. The second-order valence-corrected chi connectivity index (χ2v) is 5.03. The molecule has 0 fully saturated rings. The third-order valence-electron chi connectivity index (χ3n) is 3.70. The van der Waals surface area contributed by atoms with Crippen molar-refractivity contribution >= 4 is 11.6 Å². The molecule has 0 bridgehead atoms. The average molecular weight is 284 g/mol. The quantitative estimate of drug-likeness (QED) is 0.827. The van der Waals surface area contributed by atoms with E-state index in [1.165, 1.54) is 0 Å². The van der Waals surface area contributed by atoms with E-state index in [4.69, 9.17) is 10.5 Å². The van der Waals surface area contributed by atoms with Crippen LogP contribution in [0.3, 0.4) is 0 Å². The Labute approximate surface area is 122 Å². The van der Waals surface area contributed by atoms with Gasteiger partial charge in [-0.3, -0.25) is 10.0 Å². The highest BCUT2D eigenvalue weighted by atomic mass is 16.5. The molecule has 1 heterocycles. The van der Waals surface area contributed by atoms with Gasteiger partial charge in [0.1, 0.15) is 5.75 Å². The summed E-state index contributed by atoms with van der Waals surface area (Å²) in [4.78, 5) is 11.8. The maximum absolute atomic E-state index is 11.8. The molecule has 2 aromatic rings. The third-order valence-corrected chi connectivity index (χ3v) is 3.70. The van der Waals surface area contributed by atoms with Gasteiger partial charge in [0, 0.05) is 0 Å². The summed E-state index contributed by atoms with van der Waals surface area (Å²) in [6.07, 6.45) is 0.439. The Kier molecular flexibility index (Phi) is 3.37. The van der Waals surface area contributed by atoms with Crippen molar-refractivity contribution in [2.75, 3.05) is 12.2 Å². The molecule has 3 N–H and O–H groups in total. The van der Waals surface area contributed by atoms with Crippen LogP contribution in [0.5, 0.6) is 5.75 Å². The fourth-order valence-electron chi connectivity index (χ4n) is 2.50. The summed E-state index contributed by atoms with van der Waals surface area (Å²) in [5.41, 5.74) is 8.95. The number of nitrogens with zero attached hydrogens (tertiary/aromatic N) is 1. The Morgan fingerprint density at radius 3 is 2.52 bits per heavy atom. The molecule has 0 aliphatic carbocycles. The van der Waals surface area contributed by atoms with Crippen LogP contribution in [0.15, 0.2) is 42.5 Å². The zero-order valence-corrected chi connectivity index (χ0v) is 11.6. The first-order valence-corrected chi connectivity index (χ1v) is 6.66. The number of amides is 1. The van der Waals surface area contributed by atoms with Crippen LogP contribution in [-0.4, -0.2) is 24.3 Å². The molecule has 0 radical (unpaired) electrons. The van der Waals surface area contributed by atoms with Gasteiger partial charge in [0.15, 0.2) is 0 Å². The zero-order chi connectivity index (χ0) is 15.0. The van der Waals surface area contributed by atoms with E-state index in [0.29, 0.717) is 17.2 Å². The first-order valence-electron chi connectivity index (χ1n) is 6.66. The number of hydroxylamine groups is 1. The van der Waals surface area contributed by atoms with Crippen LogP contribution < -0.4 is 15.5 Å². The highest BCUT2D eigenvalue weighted by Gasteiger charge is 2.29. The second kappa shape index (κ2) is 5.20. The lowest BCUT2D eigenvalue weighted by Gasteiger charge is -2.28. The molecule has 0 aromatic heterocycles. The number of benzene rings is 2. The van der Waals surface area contributed by atoms with Crippen molar-refractivity contribution < 1.29 is 14.7 Å². The average Bonchev–Trinajstić information content (AvgIpc) is 2.53. The summed E-state index contributed by atoms with van der Waals surface area (Å²) < 4.78 is 5.13. The first kappa shape index (κ1) is 13.6. The number of ether oxygens (including phenoxy) is 1.